The summed E-state index contributed by atoms with van der Waals surface area (Å²) in [6, 6.07) is 1.45. The van der Waals surface area contributed by atoms with E-state index in [0.717, 1.165) is 6.20 Å². The van der Waals surface area contributed by atoms with Crippen LogP contribution in [0.4, 0.5) is 32.0 Å². The molecular weight excluding hydrogens is 312 g/mol. The lowest BCUT2D eigenvalue weighted by molar-refractivity contribution is -0.0904. The second-order valence-electron chi connectivity index (χ2n) is 4.77. The highest BCUT2D eigenvalue weighted by Gasteiger charge is 2.40. The number of nitrogens with one attached hydrogen (secondary N) is 1. The highest BCUT2D eigenvalue weighted by Crippen LogP contribution is 2.33. The summed E-state index contributed by atoms with van der Waals surface area (Å²) < 4.78 is 77.4. The lowest BCUT2D eigenvalue weighted by atomic mass is 10.0. The molecule has 0 bridgehead atoms. The molecular formula is C13H11F6N3. The molecule has 2 rings (SSSR count). The normalized spacial score (nSPS) is 24.6. The fourth-order valence-electron chi connectivity index (χ4n) is 1.96. The van der Waals surface area contributed by atoms with E-state index in [4.69, 9.17) is 0 Å². The van der Waals surface area contributed by atoms with E-state index < -0.39 is 29.7 Å². The first kappa shape index (κ1) is 16.3. The van der Waals surface area contributed by atoms with Gasteiger partial charge in [0.15, 0.2) is 0 Å². The number of hydrogen-bond acceptors (Lipinski definition) is 3. The molecule has 1 aromatic heterocycles. The van der Waals surface area contributed by atoms with Crippen LogP contribution in [0.1, 0.15) is 18.4 Å². The quantitative estimate of drug-likeness (QED) is 0.731. The van der Waals surface area contributed by atoms with Gasteiger partial charge >= 0.3 is 12.4 Å². The Morgan fingerprint density at radius 3 is 2.41 bits per heavy atom. The summed E-state index contributed by atoms with van der Waals surface area (Å²) in [6.07, 6.45) is -7.46. The highest BCUT2D eigenvalue weighted by atomic mass is 19.4. The van der Waals surface area contributed by atoms with Gasteiger partial charge in [0.25, 0.3) is 0 Å². The van der Waals surface area contributed by atoms with E-state index in [2.05, 4.69) is 9.98 Å². The second-order valence-corrected chi connectivity index (χ2v) is 4.77. The molecule has 0 spiro atoms. The van der Waals surface area contributed by atoms with E-state index in [-0.39, 0.29) is 18.3 Å². The second kappa shape index (κ2) is 5.62. The predicted molar refractivity (Wildman–Crippen MR) is 68.8 cm³/mol. The van der Waals surface area contributed by atoms with Crippen molar-refractivity contribution >= 4 is 11.4 Å². The minimum absolute atomic E-state index is 0.0113. The summed E-state index contributed by atoms with van der Waals surface area (Å²) in [5.74, 6) is -0.496. The number of rotatable bonds is 0. The third-order valence-corrected chi connectivity index (χ3v) is 3.07. The van der Waals surface area contributed by atoms with E-state index >= 15 is 0 Å². The molecule has 1 aliphatic heterocycles. The fourth-order valence-corrected chi connectivity index (χ4v) is 1.96. The van der Waals surface area contributed by atoms with Crippen molar-refractivity contribution in [2.24, 2.45) is 4.99 Å². The molecule has 9 heteroatoms. The predicted octanol–water partition coefficient (Wildman–Crippen LogP) is 4.06. The van der Waals surface area contributed by atoms with Gasteiger partial charge in [-0.1, -0.05) is 6.92 Å². The van der Waals surface area contributed by atoms with E-state index in [1.807, 2.05) is 5.32 Å². The number of hydrogen-bond donors (Lipinski definition) is 1. The number of pyridine rings is 1. The summed E-state index contributed by atoms with van der Waals surface area (Å²) >= 11 is 0. The van der Waals surface area contributed by atoms with Crippen LogP contribution in [0.15, 0.2) is 35.2 Å². The van der Waals surface area contributed by atoms with Crippen molar-refractivity contribution in [1.82, 2.24) is 4.98 Å². The smallest absolute Gasteiger partial charge is 0.350 e. The zero-order valence-corrected chi connectivity index (χ0v) is 11.3. The number of nitrogens with zero attached hydrogens (tertiary/aromatic N) is 2. The van der Waals surface area contributed by atoms with Crippen molar-refractivity contribution < 1.29 is 26.3 Å². The number of fused-ring (bicyclic) bond motifs is 1. The molecule has 2 heterocycles. The number of aromatic nitrogens is 1. The molecule has 1 atom stereocenters. The number of halogens is 6. The zero-order chi connectivity index (χ0) is 16.5. The van der Waals surface area contributed by atoms with Gasteiger partial charge in [-0.05, 0) is 17.7 Å². The van der Waals surface area contributed by atoms with Crippen molar-refractivity contribution in [1.29, 1.82) is 0 Å². The SMILES string of the molecule is CC1C/N=C(C(F)(F)F)/C=C(/C(F)(F)F)Nc2cnccc21. The summed E-state index contributed by atoms with van der Waals surface area (Å²) in [5, 5.41) is 2.00. The van der Waals surface area contributed by atoms with E-state index in [9.17, 15) is 26.3 Å². The minimum atomic E-state index is -4.98. The van der Waals surface area contributed by atoms with Gasteiger partial charge in [0, 0.05) is 18.7 Å². The summed E-state index contributed by atoms with van der Waals surface area (Å²) in [4.78, 5) is 7.02. The maximum Gasteiger partial charge on any atom is 0.432 e. The van der Waals surface area contributed by atoms with Crippen LogP contribution < -0.4 is 5.32 Å². The Balaban J connectivity index is 2.58. The zero-order valence-electron chi connectivity index (χ0n) is 11.3. The van der Waals surface area contributed by atoms with Gasteiger partial charge in [0.1, 0.15) is 11.4 Å². The number of allylic oxidation sites excluding steroid dienone is 2. The average Bonchev–Trinajstić information content (AvgIpc) is 2.46. The summed E-state index contributed by atoms with van der Waals surface area (Å²) in [6.45, 7) is 1.30. The molecule has 0 saturated heterocycles. The Labute approximate surface area is 121 Å². The monoisotopic (exact) mass is 323 g/mol. The lowest BCUT2D eigenvalue weighted by Gasteiger charge is -2.17. The Morgan fingerprint density at radius 2 is 1.82 bits per heavy atom. The molecule has 0 aliphatic carbocycles. The van der Waals surface area contributed by atoms with E-state index in [1.54, 1.807) is 6.92 Å². The van der Waals surface area contributed by atoms with Crippen LogP contribution in [0.5, 0.6) is 0 Å². The molecule has 1 N–H and O–H groups in total. The van der Waals surface area contributed by atoms with Gasteiger partial charge < -0.3 is 5.32 Å². The maximum atomic E-state index is 13.0. The van der Waals surface area contributed by atoms with Crippen LogP contribution in [0.2, 0.25) is 0 Å². The lowest BCUT2D eigenvalue weighted by Crippen LogP contribution is -2.26. The van der Waals surface area contributed by atoms with Crippen molar-refractivity contribution in [3.8, 4) is 0 Å². The molecule has 0 fully saturated rings. The highest BCUT2D eigenvalue weighted by molar-refractivity contribution is 6.00. The molecule has 120 valence electrons. The molecule has 0 aromatic carbocycles. The topological polar surface area (TPSA) is 37.3 Å². The maximum absolute atomic E-state index is 13.0. The van der Waals surface area contributed by atoms with Crippen LogP contribution >= 0.6 is 0 Å². The molecule has 0 amide bonds. The van der Waals surface area contributed by atoms with Crippen LogP contribution in [-0.2, 0) is 0 Å². The van der Waals surface area contributed by atoms with E-state index in [0.29, 0.717) is 5.56 Å². The fraction of sp³-hybridized carbons (Fsp3) is 0.385. The van der Waals surface area contributed by atoms with Crippen LogP contribution in [0.25, 0.3) is 0 Å². The van der Waals surface area contributed by atoms with E-state index in [1.165, 1.54) is 12.3 Å². The molecule has 1 aliphatic rings. The van der Waals surface area contributed by atoms with Crippen molar-refractivity contribution in [2.45, 2.75) is 25.2 Å². The summed E-state index contributed by atoms with van der Waals surface area (Å²) in [7, 11) is 0. The third kappa shape index (κ3) is 3.58. The Kier molecular flexibility index (Phi) is 4.17. The van der Waals surface area contributed by atoms with Crippen molar-refractivity contribution in [2.75, 3.05) is 11.9 Å². The first-order valence-corrected chi connectivity index (χ1v) is 6.20. The molecule has 0 radical (unpaired) electrons. The van der Waals surface area contributed by atoms with Gasteiger partial charge in [0.05, 0.1) is 11.9 Å². The van der Waals surface area contributed by atoms with Gasteiger partial charge in [-0.25, -0.2) is 0 Å². The minimum Gasteiger partial charge on any atom is -0.350 e. The first-order valence-electron chi connectivity index (χ1n) is 6.20. The summed E-state index contributed by atoms with van der Waals surface area (Å²) in [5.41, 5.74) is -2.68. The molecule has 3 nitrogen and oxygen atoms in total. The molecule has 1 aromatic rings. The van der Waals surface area contributed by atoms with Gasteiger partial charge in [0.2, 0.25) is 0 Å². The number of alkyl halides is 6. The van der Waals surface area contributed by atoms with Crippen LogP contribution in [0.3, 0.4) is 0 Å². The van der Waals surface area contributed by atoms with Crippen LogP contribution in [0, 0.1) is 0 Å². The van der Waals surface area contributed by atoms with Gasteiger partial charge in [-0.15, -0.1) is 0 Å². The third-order valence-electron chi connectivity index (χ3n) is 3.07. The Hall–Kier alpha value is -2.06. The molecule has 1 unspecified atom stereocenters. The van der Waals surface area contributed by atoms with Gasteiger partial charge in [-0.3, -0.25) is 9.98 Å². The average molecular weight is 323 g/mol. The number of aliphatic imine (C=N–C) groups is 1. The Bertz CT molecular complexity index is 615. The standard InChI is InChI=1S/C13H11F6N3/c1-7-5-21-10(12(14,15)16)4-11(13(17,18)19)22-9-6-20-3-2-8(7)9/h2-4,6-7,22H,5H2,1H3/b11-4-,21-10-. The Morgan fingerprint density at radius 1 is 1.14 bits per heavy atom. The van der Waals surface area contributed by atoms with Crippen molar-refractivity contribution in [3.05, 3.63) is 35.8 Å². The molecule has 0 saturated carbocycles. The van der Waals surface area contributed by atoms with Crippen LogP contribution in [-0.4, -0.2) is 29.6 Å². The van der Waals surface area contributed by atoms with Crippen molar-refractivity contribution in [3.63, 3.8) is 0 Å². The first-order chi connectivity index (χ1) is 10.1. The molecule has 22 heavy (non-hydrogen) atoms. The number of anilines is 1. The van der Waals surface area contributed by atoms with Gasteiger partial charge in [-0.2, -0.15) is 26.3 Å². The largest absolute Gasteiger partial charge is 0.432 e.